The third-order valence-corrected chi connectivity index (χ3v) is 5.85. The van der Waals surface area contributed by atoms with Gasteiger partial charge >= 0.3 is 18.2 Å². The van der Waals surface area contributed by atoms with Gasteiger partial charge in [0.15, 0.2) is 0 Å². The van der Waals surface area contributed by atoms with Crippen LogP contribution in [0.25, 0.3) is 11.1 Å². The van der Waals surface area contributed by atoms with Gasteiger partial charge in [0.1, 0.15) is 12.6 Å². The third-order valence-electron chi connectivity index (χ3n) is 5.85. The largest absolute Gasteiger partial charge is 0.480 e. The van der Waals surface area contributed by atoms with Crippen LogP contribution in [0.5, 0.6) is 0 Å². The number of amides is 2. The second-order valence-corrected chi connectivity index (χ2v) is 8.11. The van der Waals surface area contributed by atoms with E-state index in [0.29, 0.717) is 12.8 Å². The molecule has 1 saturated carbocycles. The first-order valence-electron chi connectivity index (χ1n) is 10.4. The van der Waals surface area contributed by atoms with Gasteiger partial charge in [-0.25, -0.2) is 9.59 Å². The van der Waals surface area contributed by atoms with Crippen molar-refractivity contribution in [3.63, 3.8) is 0 Å². The molecule has 0 bridgehead atoms. The summed E-state index contributed by atoms with van der Waals surface area (Å²) in [5, 5.41) is 12.6. The molecule has 2 atom stereocenters. The fourth-order valence-electron chi connectivity index (χ4n) is 4.10. The number of carboxylic acid groups (broad SMARTS) is 1. The molecule has 33 heavy (non-hydrogen) atoms. The van der Waals surface area contributed by atoms with Crippen LogP contribution >= 0.6 is 0 Å². The second kappa shape index (κ2) is 8.76. The van der Waals surface area contributed by atoms with E-state index in [9.17, 15) is 27.6 Å². The summed E-state index contributed by atoms with van der Waals surface area (Å²) in [7, 11) is 0. The van der Waals surface area contributed by atoms with E-state index < -0.39 is 42.1 Å². The minimum absolute atomic E-state index is 0.230. The first-order chi connectivity index (χ1) is 15.7. The zero-order valence-electron chi connectivity index (χ0n) is 17.3. The number of fused-ring (bicyclic) bond motifs is 3. The third kappa shape index (κ3) is 4.79. The van der Waals surface area contributed by atoms with Gasteiger partial charge in [0.05, 0.1) is 0 Å². The summed E-state index contributed by atoms with van der Waals surface area (Å²) in [6.45, 7) is -0.230. The van der Waals surface area contributed by atoms with E-state index in [4.69, 9.17) is 9.84 Å². The van der Waals surface area contributed by atoms with Gasteiger partial charge in [0.2, 0.25) is 6.04 Å². The maximum atomic E-state index is 13.5. The molecular weight excluding hydrogens is 441 g/mol. The molecule has 3 N–H and O–H groups in total. The molecule has 0 heterocycles. The van der Waals surface area contributed by atoms with Gasteiger partial charge in [-0.05, 0) is 41.0 Å². The van der Waals surface area contributed by atoms with Gasteiger partial charge in [0.25, 0.3) is 5.91 Å². The molecule has 2 aromatic carbocycles. The van der Waals surface area contributed by atoms with Crippen LogP contribution in [0, 0.1) is 5.92 Å². The quantitative estimate of drug-likeness (QED) is 0.585. The minimum atomic E-state index is -5.14. The van der Waals surface area contributed by atoms with Crippen LogP contribution in [0.15, 0.2) is 48.5 Å². The highest BCUT2D eigenvalue weighted by atomic mass is 19.4. The Morgan fingerprint density at radius 1 is 0.970 bits per heavy atom. The molecule has 0 spiro atoms. The summed E-state index contributed by atoms with van der Waals surface area (Å²) >= 11 is 0. The first kappa shape index (κ1) is 22.6. The summed E-state index contributed by atoms with van der Waals surface area (Å²) < 4.78 is 45.4. The van der Waals surface area contributed by atoms with E-state index in [0.717, 1.165) is 22.3 Å². The molecule has 2 aliphatic carbocycles. The van der Waals surface area contributed by atoms with Gasteiger partial charge < -0.3 is 20.5 Å². The number of benzene rings is 2. The lowest BCUT2D eigenvalue weighted by atomic mass is 9.98. The molecule has 7 nitrogen and oxygen atoms in total. The number of rotatable bonds is 7. The molecule has 1 fully saturated rings. The number of aliphatic carboxylic acids is 1. The number of carboxylic acids is 1. The molecule has 174 valence electrons. The molecule has 2 aliphatic rings. The fourth-order valence-corrected chi connectivity index (χ4v) is 4.10. The Morgan fingerprint density at radius 3 is 2.00 bits per heavy atom. The maximum absolute atomic E-state index is 13.5. The number of carbonyl (C=O) groups is 3. The van der Waals surface area contributed by atoms with Crippen molar-refractivity contribution < 1.29 is 37.4 Å². The number of alkyl carbamates (subject to hydrolysis) is 1. The lowest BCUT2D eigenvalue weighted by Crippen LogP contribution is -2.58. The fraction of sp³-hybridized carbons (Fsp3) is 0.348. The van der Waals surface area contributed by atoms with Crippen LogP contribution in [-0.2, 0) is 14.3 Å². The topological polar surface area (TPSA) is 105 Å². The SMILES string of the molecule is O=C(NC(C(=O)NC(C(=O)O)C1CC1)C(F)(F)F)OCC1c2ccccc2-c2ccccc21. The van der Waals surface area contributed by atoms with Crippen LogP contribution in [0.2, 0.25) is 0 Å². The van der Waals surface area contributed by atoms with E-state index in [1.165, 1.54) is 0 Å². The highest BCUT2D eigenvalue weighted by molar-refractivity contribution is 5.90. The number of hydrogen-bond acceptors (Lipinski definition) is 4. The predicted octanol–water partition coefficient (Wildman–Crippen LogP) is 3.44. The maximum Gasteiger partial charge on any atom is 0.417 e. The average Bonchev–Trinajstić information content (AvgIpc) is 3.55. The van der Waals surface area contributed by atoms with Crippen LogP contribution in [0.3, 0.4) is 0 Å². The molecule has 0 aliphatic heterocycles. The predicted molar refractivity (Wildman–Crippen MR) is 110 cm³/mol. The zero-order valence-corrected chi connectivity index (χ0v) is 17.3. The highest BCUT2D eigenvalue weighted by Gasteiger charge is 2.48. The molecule has 0 radical (unpaired) electrons. The molecule has 2 aromatic rings. The summed E-state index contributed by atoms with van der Waals surface area (Å²) in [6.07, 6.45) is -5.57. The van der Waals surface area contributed by atoms with E-state index in [2.05, 4.69) is 0 Å². The van der Waals surface area contributed by atoms with Gasteiger partial charge in [-0.1, -0.05) is 48.5 Å². The Bertz CT molecular complexity index is 1040. The molecule has 4 rings (SSSR count). The Morgan fingerprint density at radius 2 is 1.52 bits per heavy atom. The zero-order chi connectivity index (χ0) is 23.8. The summed E-state index contributed by atoms with van der Waals surface area (Å²) in [5.41, 5.74) is 3.67. The summed E-state index contributed by atoms with van der Waals surface area (Å²) in [6, 6.07) is 10.5. The highest BCUT2D eigenvalue weighted by Crippen LogP contribution is 2.44. The average molecular weight is 462 g/mol. The van der Waals surface area contributed by atoms with Crippen molar-refractivity contribution in [1.82, 2.24) is 10.6 Å². The van der Waals surface area contributed by atoms with Crippen molar-refractivity contribution in [1.29, 1.82) is 0 Å². The van der Waals surface area contributed by atoms with Gasteiger partial charge in [-0.2, -0.15) is 13.2 Å². The smallest absolute Gasteiger partial charge is 0.417 e. The Labute approximate surface area is 186 Å². The summed E-state index contributed by atoms with van der Waals surface area (Å²) in [4.78, 5) is 35.7. The molecule has 2 amide bonds. The summed E-state index contributed by atoms with van der Waals surface area (Å²) in [5.74, 6) is -3.86. The van der Waals surface area contributed by atoms with Crippen LogP contribution < -0.4 is 10.6 Å². The van der Waals surface area contributed by atoms with Crippen molar-refractivity contribution >= 4 is 18.0 Å². The van der Waals surface area contributed by atoms with Crippen molar-refractivity contribution in [2.75, 3.05) is 6.61 Å². The van der Waals surface area contributed by atoms with Crippen molar-refractivity contribution in [3.8, 4) is 11.1 Å². The minimum Gasteiger partial charge on any atom is -0.480 e. The van der Waals surface area contributed by atoms with Crippen LogP contribution in [0.1, 0.15) is 29.9 Å². The van der Waals surface area contributed by atoms with E-state index >= 15 is 0 Å². The van der Waals surface area contributed by atoms with E-state index in [1.54, 1.807) is 5.32 Å². The molecule has 0 aromatic heterocycles. The standard InChI is InChI=1S/C23H21F3N2O5/c24-23(25,26)19(20(29)27-18(21(30)31)12-9-10-12)28-22(32)33-11-17-15-7-3-1-5-13(15)14-6-2-4-8-16(14)17/h1-8,12,17-19H,9-11H2,(H,27,29)(H,28,32)(H,30,31). The number of ether oxygens (including phenoxy) is 1. The van der Waals surface area contributed by atoms with E-state index in [1.807, 2.05) is 53.8 Å². The van der Waals surface area contributed by atoms with Crippen molar-refractivity contribution in [2.45, 2.75) is 37.0 Å². The lowest BCUT2D eigenvalue weighted by Gasteiger charge is -2.23. The Hall–Kier alpha value is -3.56. The van der Waals surface area contributed by atoms with Gasteiger partial charge in [-0.3, -0.25) is 4.79 Å². The molecular formula is C23H21F3N2O5. The molecule has 0 saturated heterocycles. The van der Waals surface area contributed by atoms with Crippen LogP contribution in [-0.4, -0.2) is 47.9 Å². The van der Waals surface area contributed by atoms with Crippen LogP contribution in [0.4, 0.5) is 18.0 Å². The van der Waals surface area contributed by atoms with E-state index in [-0.39, 0.29) is 12.5 Å². The second-order valence-electron chi connectivity index (χ2n) is 8.11. The molecule has 10 heteroatoms. The molecule has 2 unspecified atom stereocenters. The lowest BCUT2D eigenvalue weighted by molar-refractivity contribution is -0.169. The van der Waals surface area contributed by atoms with Gasteiger partial charge in [0, 0.05) is 5.92 Å². The number of hydrogen-bond donors (Lipinski definition) is 3. The van der Waals surface area contributed by atoms with Crippen molar-refractivity contribution in [3.05, 3.63) is 59.7 Å². The van der Waals surface area contributed by atoms with Crippen molar-refractivity contribution in [2.24, 2.45) is 5.92 Å². The number of nitrogens with one attached hydrogen (secondary N) is 2. The number of halogens is 3. The monoisotopic (exact) mass is 462 g/mol. The Balaban J connectivity index is 1.43. The first-order valence-corrected chi connectivity index (χ1v) is 10.4. The number of alkyl halides is 3. The Kier molecular flexibility index (Phi) is 6.01. The normalized spacial score (nSPS) is 16.8. The number of carbonyl (C=O) groups excluding carboxylic acids is 2. The van der Waals surface area contributed by atoms with Gasteiger partial charge in [-0.15, -0.1) is 0 Å².